The summed E-state index contributed by atoms with van der Waals surface area (Å²) in [5.74, 6) is 0.361. The maximum atomic E-state index is 13.7. The number of pyridine rings is 1. The van der Waals surface area contributed by atoms with Crippen LogP contribution in [0, 0.1) is 5.92 Å². The van der Waals surface area contributed by atoms with Gasteiger partial charge in [-0.2, -0.15) is 11.3 Å². The fourth-order valence-corrected chi connectivity index (χ4v) is 7.96. The zero-order chi connectivity index (χ0) is 30.7. The Morgan fingerprint density at radius 1 is 1.07 bits per heavy atom. The largest absolute Gasteiger partial charge is 0.351 e. The van der Waals surface area contributed by atoms with Crippen LogP contribution in [-0.4, -0.2) is 55.5 Å². The highest BCUT2D eigenvalue weighted by molar-refractivity contribution is 7.91. The highest BCUT2D eigenvalue weighted by Crippen LogP contribution is 2.29. The van der Waals surface area contributed by atoms with Crippen LogP contribution in [0.1, 0.15) is 46.6 Å². The van der Waals surface area contributed by atoms with E-state index in [9.17, 15) is 13.2 Å². The molecule has 1 fully saturated rings. The van der Waals surface area contributed by atoms with Crippen LogP contribution in [0.4, 0.5) is 5.69 Å². The zero-order valence-corrected chi connectivity index (χ0v) is 26.5. The van der Waals surface area contributed by atoms with Gasteiger partial charge < -0.3 is 20.5 Å². The lowest BCUT2D eigenvalue weighted by molar-refractivity contribution is 0.0940. The van der Waals surface area contributed by atoms with Gasteiger partial charge in [-0.3, -0.25) is 9.52 Å². The number of benzene rings is 2. The number of nitrogens with one attached hydrogen (secondary N) is 2. The topological polar surface area (TPSA) is 122 Å². The number of carbonyl (C=O) groups is 1. The lowest BCUT2D eigenvalue weighted by Gasteiger charge is -2.28. The van der Waals surface area contributed by atoms with Crippen molar-refractivity contribution in [2.24, 2.45) is 11.7 Å². The summed E-state index contributed by atoms with van der Waals surface area (Å²) >= 11 is 1.47. The van der Waals surface area contributed by atoms with Gasteiger partial charge in [-0.1, -0.05) is 24.3 Å². The SMILES string of the molecule is CN1CCC(CCNC(=O)c2cc3ccc(CN)nc3n2Cc2cc(NS(=O)(=O)Cc3ccsc3)cc3ccccc23)CC1. The van der Waals surface area contributed by atoms with Gasteiger partial charge in [0.25, 0.3) is 5.91 Å². The molecule has 1 aliphatic heterocycles. The van der Waals surface area contributed by atoms with Gasteiger partial charge in [0.15, 0.2) is 0 Å². The summed E-state index contributed by atoms with van der Waals surface area (Å²) in [5.41, 5.74) is 9.94. The Balaban J connectivity index is 1.32. The molecule has 4 heterocycles. The number of hydrogen-bond donors (Lipinski definition) is 3. The molecule has 1 aliphatic rings. The Morgan fingerprint density at radius 2 is 1.89 bits per heavy atom. The monoisotopic (exact) mass is 630 g/mol. The van der Waals surface area contributed by atoms with Gasteiger partial charge >= 0.3 is 0 Å². The van der Waals surface area contributed by atoms with E-state index in [1.807, 2.05) is 76.0 Å². The highest BCUT2D eigenvalue weighted by Gasteiger charge is 2.21. The van der Waals surface area contributed by atoms with Crippen molar-refractivity contribution in [3.05, 3.63) is 93.9 Å². The van der Waals surface area contributed by atoms with Crippen LogP contribution in [-0.2, 0) is 28.9 Å². The summed E-state index contributed by atoms with van der Waals surface area (Å²) in [4.78, 5) is 20.8. The third-order valence-electron chi connectivity index (χ3n) is 8.41. The number of hydrogen-bond acceptors (Lipinski definition) is 7. The molecule has 9 nitrogen and oxygen atoms in total. The molecule has 0 bridgehead atoms. The summed E-state index contributed by atoms with van der Waals surface area (Å²) in [6.07, 6.45) is 3.26. The number of aromatic nitrogens is 2. The molecule has 0 spiro atoms. The number of amides is 1. The standard InChI is InChI=1S/C33H38N6O3S2/c1-38-13-9-23(10-14-38)8-12-35-33(40)31-18-26-6-7-28(19-34)36-32(26)39(31)20-27-17-29(16-25-4-2-3-5-30(25)27)37-44(41,42)22-24-11-15-43-21-24/h2-7,11,15-18,21,23,37H,8-10,12-14,19-20,22,34H2,1H3,(H,35,40). The number of thiophene rings is 1. The molecule has 0 radical (unpaired) electrons. The maximum Gasteiger partial charge on any atom is 0.267 e. The minimum atomic E-state index is -3.64. The van der Waals surface area contributed by atoms with Gasteiger partial charge in [0, 0.05) is 24.2 Å². The summed E-state index contributed by atoms with van der Waals surface area (Å²) in [5, 5.41) is 9.58. The van der Waals surface area contributed by atoms with Gasteiger partial charge in [0.05, 0.1) is 18.0 Å². The van der Waals surface area contributed by atoms with Gasteiger partial charge in [0.2, 0.25) is 10.0 Å². The normalized spacial score (nSPS) is 14.8. The van der Waals surface area contributed by atoms with Crippen molar-refractivity contribution < 1.29 is 13.2 Å². The van der Waals surface area contributed by atoms with E-state index in [2.05, 4.69) is 22.0 Å². The van der Waals surface area contributed by atoms with Crippen molar-refractivity contribution >= 4 is 54.8 Å². The molecule has 0 unspecified atom stereocenters. The van der Waals surface area contributed by atoms with Gasteiger partial charge in [-0.15, -0.1) is 0 Å². The van der Waals surface area contributed by atoms with E-state index in [-0.39, 0.29) is 18.2 Å². The molecule has 11 heteroatoms. The molecule has 2 aromatic carbocycles. The molecular formula is C33H38N6O3S2. The first-order chi connectivity index (χ1) is 21.3. The number of anilines is 1. The van der Waals surface area contributed by atoms with Gasteiger partial charge in [0.1, 0.15) is 11.3 Å². The van der Waals surface area contributed by atoms with Gasteiger partial charge in [-0.25, -0.2) is 13.4 Å². The molecule has 0 aliphatic carbocycles. The van der Waals surface area contributed by atoms with Crippen molar-refractivity contribution in [2.75, 3.05) is 31.4 Å². The van der Waals surface area contributed by atoms with Crippen LogP contribution in [0.5, 0.6) is 0 Å². The molecule has 1 amide bonds. The van der Waals surface area contributed by atoms with E-state index < -0.39 is 10.0 Å². The Morgan fingerprint density at radius 3 is 2.66 bits per heavy atom. The predicted molar refractivity (Wildman–Crippen MR) is 178 cm³/mol. The summed E-state index contributed by atoms with van der Waals surface area (Å²) in [7, 11) is -1.48. The van der Waals surface area contributed by atoms with E-state index in [0.29, 0.717) is 36.0 Å². The number of piperidine rings is 1. The third kappa shape index (κ3) is 6.96. The van der Waals surface area contributed by atoms with Crippen molar-refractivity contribution in [3.63, 3.8) is 0 Å². The highest BCUT2D eigenvalue weighted by atomic mass is 32.2. The van der Waals surface area contributed by atoms with E-state index in [1.165, 1.54) is 11.3 Å². The second-order valence-corrected chi connectivity index (χ2v) is 14.2. The quantitative estimate of drug-likeness (QED) is 0.185. The Bertz CT molecular complexity index is 1880. The summed E-state index contributed by atoms with van der Waals surface area (Å²) in [6.45, 7) is 3.41. The smallest absolute Gasteiger partial charge is 0.267 e. The zero-order valence-electron chi connectivity index (χ0n) is 24.8. The first-order valence-electron chi connectivity index (χ1n) is 15.0. The number of nitrogens with two attached hydrogens (primary N) is 1. The molecule has 5 aromatic rings. The molecule has 230 valence electrons. The van der Waals surface area contributed by atoms with E-state index >= 15 is 0 Å². The maximum absolute atomic E-state index is 13.7. The molecule has 3 aromatic heterocycles. The Labute approximate surface area is 262 Å². The average molecular weight is 631 g/mol. The van der Waals surface area contributed by atoms with E-state index in [4.69, 9.17) is 10.7 Å². The van der Waals surface area contributed by atoms with Crippen LogP contribution >= 0.6 is 11.3 Å². The fourth-order valence-electron chi connectivity index (χ4n) is 6.02. The molecule has 4 N–H and O–H groups in total. The van der Waals surface area contributed by atoms with E-state index in [1.54, 1.807) is 0 Å². The minimum Gasteiger partial charge on any atom is -0.351 e. The number of carbonyl (C=O) groups excluding carboxylic acids is 1. The second kappa shape index (κ2) is 13.1. The van der Waals surface area contributed by atoms with Crippen molar-refractivity contribution in [2.45, 2.75) is 38.1 Å². The first kappa shape index (κ1) is 30.3. The minimum absolute atomic E-state index is 0.103. The number of sulfonamides is 1. The number of rotatable bonds is 11. The van der Waals surface area contributed by atoms with Crippen LogP contribution in [0.3, 0.4) is 0 Å². The third-order valence-corrected chi connectivity index (χ3v) is 10.4. The molecular weight excluding hydrogens is 593 g/mol. The van der Waals surface area contributed by atoms with Crippen LogP contribution in [0.25, 0.3) is 21.8 Å². The average Bonchev–Trinajstić information content (AvgIpc) is 3.65. The number of fused-ring (bicyclic) bond motifs is 2. The number of likely N-dealkylation sites (tertiary alicyclic amines) is 1. The summed E-state index contributed by atoms with van der Waals surface area (Å²) < 4.78 is 30.8. The Hall–Kier alpha value is -3.77. The van der Waals surface area contributed by atoms with Crippen molar-refractivity contribution in [1.29, 1.82) is 0 Å². The lowest BCUT2D eigenvalue weighted by atomic mass is 9.94. The Kier molecular flexibility index (Phi) is 8.99. The lowest BCUT2D eigenvalue weighted by Crippen LogP contribution is -2.33. The number of nitrogens with zero attached hydrogens (tertiary/aromatic N) is 3. The van der Waals surface area contributed by atoms with Crippen LogP contribution in [0.15, 0.2) is 71.4 Å². The fraction of sp³-hybridized carbons (Fsp3) is 0.333. The predicted octanol–water partition coefficient (Wildman–Crippen LogP) is 5.16. The van der Waals surface area contributed by atoms with Gasteiger partial charge in [-0.05, 0) is 114 Å². The van der Waals surface area contributed by atoms with Crippen LogP contribution < -0.4 is 15.8 Å². The van der Waals surface area contributed by atoms with Crippen molar-refractivity contribution in [1.82, 2.24) is 19.8 Å². The molecule has 0 atom stereocenters. The molecule has 6 rings (SSSR count). The molecule has 1 saturated heterocycles. The van der Waals surface area contributed by atoms with Crippen molar-refractivity contribution in [3.8, 4) is 0 Å². The first-order valence-corrected chi connectivity index (χ1v) is 17.6. The molecule has 44 heavy (non-hydrogen) atoms. The summed E-state index contributed by atoms with van der Waals surface area (Å²) in [6, 6.07) is 19.1. The van der Waals surface area contributed by atoms with Crippen LogP contribution in [0.2, 0.25) is 0 Å². The molecule has 0 saturated carbocycles. The second-order valence-electron chi connectivity index (χ2n) is 11.7. The van der Waals surface area contributed by atoms with E-state index in [0.717, 1.165) is 65.3 Å².